The number of nitrogens with one attached hydrogen (secondary N) is 1. The molecule has 70 valence electrons. The maximum Gasteiger partial charge on any atom is 0.183 e. The van der Waals surface area contributed by atoms with E-state index in [0.717, 1.165) is 11.3 Å². The maximum absolute atomic E-state index is 10.5. The Labute approximate surface area is 79.9 Å². The summed E-state index contributed by atoms with van der Waals surface area (Å²) in [5, 5.41) is 14.0. The lowest BCUT2D eigenvalue weighted by Crippen LogP contribution is -2.21. The van der Waals surface area contributed by atoms with Crippen molar-refractivity contribution in [2.24, 2.45) is 0 Å². The first kappa shape index (κ1) is 9.73. The molecule has 0 amide bonds. The van der Waals surface area contributed by atoms with Crippen LogP contribution in [-0.2, 0) is 0 Å². The summed E-state index contributed by atoms with van der Waals surface area (Å²) >= 11 is 1.08. The molecule has 1 rings (SSSR count). The number of carboxylic acid groups (broad SMARTS) is 1. The number of aryl methyl sites for hydroxylation is 1. The largest absolute Gasteiger partial charge is 0.544 e. The highest BCUT2D eigenvalue weighted by Gasteiger charge is 2.06. The quantitative estimate of drug-likeness (QED) is 0.710. The van der Waals surface area contributed by atoms with Crippen molar-refractivity contribution in [2.75, 3.05) is 11.9 Å². The van der Waals surface area contributed by atoms with Crippen molar-refractivity contribution in [3.05, 3.63) is 23.2 Å². The number of hydrogen-bond donors (Lipinski definition) is 1. The van der Waals surface area contributed by atoms with E-state index >= 15 is 0 Å². The number of thiazole rings is 1. The van der Waals surface area contributed by atoms with Gasteiger partial charge in [0.15, 0.2) is 5.13 Å². The molecule has 13 heavy (non-hydrogen) atoms. The first-order valence-electron chi connectivity index (χ1n) is 3.68. The molecule has 1 N–H and O–H groups in total. The average Bonchev–Trinajstić information content (AvgIpc) is 2.43. The summed E-state index contributed by atoms with van der Waals surface area (Å²) in [5.41, 5.74) is 0.483. The van der Waals surface area contributed by atoms with E-state index in [-0.39, 0.29) is 4.88 Å². The van der Waals surface area contributed by atoms with Crippen LogP contribution in [0.15, 0.2) is 12.7 Å². The van der Waals surface area contributed by atoms with E-state index in [9.17, 15) is 9.90 Å². The number of rotatable bonds is 4. The number of aromatic nitrogens is 1. The Morgan fingerprint density at radius 2 is 2.54 bits per heavy atom. The zero-order valence-electron chi connectivity index (χ0n) is 7.16. The molecule has 0 unspecified atom stereocenters. The number of hydrogen-bond acceptors (Lipinski definition) is 5. The average molecular weight is 197 g/mol. The zero-order chi connectivity index (χ0) is 9.84. The SMILES string of the molecule is C=CCNc1nc(C)c(C(=O)[O-])s1. The molecule has 0 saturated carbocycles. The fourth-order valence-electron chi connectivity index (χ4n) is 0.821. The highest BCUT2D eigenvalue weighted by molar-refractivity contribution is 7.17. The van der Waals surface area contributed by atoms with Gasteiger partial charge in [0.25, 0.3) is 0 Å². The lowest BCUT2D eigenvalue weighted by molar-refractivity contribution is -0.254. The fraction of sp³-hybridized carbons (Fsp3) is 0.250. The number of carboxylic acids is 1. The van der Waals surface area contributed by atoms with Gasteiger partial charge in [-0.15, -0.1) is 6.58 Å². The molecule has 1 aromatic heterocycles. The van der Waals surface area contributed by atoms with Gasteiger partial charge < -0.3 is 15.2 Å². The molecule has 0 spiro atoms. The Bertz CT molecular complexity index is 333. The van der Waals surface area contributed by atoms with Crippen LogP contribution in [0.2, 0.25) is 0 Å². The van der Waals surface area contributed by atoms with Crippen LogP contribution >= 0.6 is 11.3 Å². The monoisotopic (exact) mass is 197 g/mol. The van der Waals surface area contributed by atoms with Gasteiger partial charge in [0.2, 0.25) is 0 Å². The normalized spacial score (nSPS) is 9.62. The van der Waals surface area contributed by atoms with Crippen molar-refractivity contribution in [2.45, 2.75) is 6.92 Å². The van der Waals surface area contributed by atoms with Gasteiger partial charge in [0.05, 0.1) is 16.5 Å². The molecule has 0 bridgehead atoms. The first-order chi connectivity index (χ1) is 6.15. The molecular weight excluding hydrogens is 188 g/mol. The predicted octanol–water partition coefficient (Wildman–Crippen LogP) is 0.413. The third kappa shape index (κ3) is 2.29. The minimum atomic E-state index is -1.18. The van der Waals surface area contributed by atoms with Gasteiger partial charge in [0, 0.05) is 6.54 Å². The summed E-state index contributed by atoms with van der Waals surface area (Å²) in [4.78, 5) is 14.7. The van der Waals surface area contributed by atoms with Crippen LogP contribution in [0.4, 0.5) is 5.13 Å². The second kappa shape index (κ2) is 4.04. The van der Waals surface area contributed by atoms with E-state index in [2.05, 4.69) is 16.9 Å². The van der Waals surface area contributed by atoms with Gasteiger partial charge in [-0.1, -0.05) is 17.4 Å². The summed E-state index contributed by atoms with van der Waals surface area (Å²) < 4.78 is 0. The fourth-order valence-corrected chi connectivity index (χ4v) is 1.63. The molecule has 0 radical (unpaired) electrons. The lowest BCUT2D eigenvalue weighted by atomic mass is 10.4. The molecule has 1 heterocycles. The number of carbonyl (C=O) groups is 1. The molecule has 0 saturated heterocycles. The van der Waals surface area contributed by atoms with Gasteiger partial charge >= 0.3 is 0 Å². The molecule has 0 fully saturated rings. The highest BCUT2D eigenvalue weighted by Crippen LogP contribution is 2.21. The second-order valence-electron chi connectivity index (χ2n) is 2.39. The van der Waals surface area contributed by atoms with Gasteiger partial charge in [-0.25, -0.2) is 4.98 Å². The summed E-state index contributed by atoms with van der Waals surface area (Å²) in [6, 6.07) is 0. The summed E-state index contributed by atoms with van der Waals surface area (Å²) in [5.74, 6) is -1.18. The molecule has 5 heteroatoms. The van der Waals surface area contributed by atoms with Crippen molar-refractivity contribution in [3.8, 4) is 0 Å². The van der Waals surface area contributed by atoms with Crippen molar-refractivity contribution in [1.29, 1.82) is 0 Å². The Kier molecular flexibility index (Phi) is 3.02. The first-order valence-corrected chi connectivity index (χ1v) is 4.50. The predicted molar refractivity (Wildman–Crippen MR) is 49.9 cm³/mol. The van der Waals surface area contributed by atoms with E-state index in [1.807, 2.05) is 0 Å². The van der Waals surface area contributed by atoms with Gasteiger partial charge in [0.1, 0.15) is 0 Å². The Balaban J connectivity index is 2.82. The van der Waals surface area contributed by atoms with Crippen LogP contribution in [0.5, 0.6) is 0 Å². The number of carbonyl (C=O) groups excluding carboxylic acids is 1. The molecular formula is C8H9N2O2S-. The van der Waals surface area contributed by atoms with Gasteiger partial charge in [-0.05, 0) is 6.92 Å². The number of aromatic carboxylic acids is 1. The molecule has 0 aromatic carbocycles. The maximum atomic E-state index is 10.5. The summed E-state index contributed by atoms with van der Waals surface area (Å²) in [7, 11) is 0. The second-order valence-corrected chi connectivity index (χ2v) is 3.39. The lowest BCUT2D eigenvalue weighted by Gasteiger charge is -1.96. The molecule has 0 aliphatic rings. The van der Waals surface area contributed by atoms with Crippen molar-refractivity contribution in [1.82, 2.24) is 4.98 Å². The third-order valence-corrected chi connectivity index (χ3v) is 2.47. The van der Waals surface area contributed by atoms with Crippen molar-refractivity contribution >= 4 is 22.4 Å². The van der Waals surface area contributed by atoms with E-state index in [1.165, 1.54) is 0 Å². The van der Waals surface area contributed by atoms with Crippen LogP contribution in [-0.4, -0.2) is 17.5 Å². The van der Waals surface area contributed by atoms with Crippen LogP contribution < -0.4 is 10.4 Å². The Morgan fingerprint density at radius 3 is 3.00 bits per heavy atom. The summed E-state index contributed by atoms with van der Waals surface area (Å²) in [6.45, 7) is 5.73. The third-order valence-electron chi connectivity index (χ3n) is 1.38. The topological polar surface area (TPSA) is 65.0 Å². The standard InChI is InChI=1S/C8H10N2O2S/c1-3-4-9-8-10-5(2)6(13-8)7(11)12/h3H,1,4H2,2H3,(H,9,10)(H,11,12)/p-1. The molecule has 4 nitrogen and oxygen atoms in total. The van der Waals surface area contributed by atoms with E-state index in [1.54, 1.807) is 13.0 Å². The van der Waals surface area contributed by atoms with E-state index < -0.39 is 5.97 Å². The van der Waals surface area contributed by atoms with Crippen LogP contribution in [0.3, 0.4) is 0 Å². The Morgan fingerprint density at radius 1 is 1.85 bits per heavy atom. The number of anilines is 1. The minimum absolute atomic E-state index is 0.173. The zero-order valence-corrected chi connectivity index (χ0v) is 7.98. The highest BCUT2D eigenvalue weighted by atomic mass is 32.1. The Hall–Kier alpha value is -1.36. The van der Waals surface area contributed by atoms with Crippen LogP contribution in [0, 0.1) is 6.92 Å². The molecule has 1 aromatic rings. The van der Waals surface area contributed by atoms with Crippen molar-refractivity contribution < 1.29 is 9.90 Å². The molecule has 0 atom stereocenters. The van der Waals surface area contributed by atoms with Gasteiger partial charge in [-0.3, -0.25) is 0 Å². The minimum Gasteiger partial charge on any atom is -0.544 e. The molecule has 0 aliphatic heterocycles. The van der Waals surface area contributed by atoms with Gasteiger partial charge in [-0.2, -0.15) is 0 Å². The van der Waals surface area contributed by atoms with E-state index in [4.69, 9.17) is 0 Å². The molecule has 0 aliphatic carbocycles. The number of nitrogens with zero attached hydrogens (tertiary/aromatic N) is 1. The van der Waals surface area contributed by atoms with Crippen LogP contribution in [0.1, 0.15) is 15.4 Å². The van der Waals surface area contributed by atoms with E-state index in [0.29, 0.717) is 17.4 Å². The van der Waals surface area contributed by atoms with Crippen LogP contribution in [0.25, 0.3) is 0 Å². The summed E-state index contributed by atoms with van der Waals surface area (Å²) in [6.07, 6.45) is 1.68. The van der Waals surface area contributed by atoms with Crippen molar-refractivity contribution in [3.63, 3.8) is 0 Å². The smallest absolute Gasteiger partial charge is 0.183 e.